The van der Waals surface area contributed by atoms with E-state index < -0.39 is 23.5 Å². The highest BCUT2D eigenvalue weighted by atomic mass is 127. The van der Waals surface area contributed by atoms with Crippen LogP contribution in [-0.2, 0) is 18.6 Å². The Bertz CT molecular complexity index is 737. The van der Waals surface area contributed by atoms with E-state index in [2.05, 4.69) is 20.2 Å². The first-order valence-electron chi connectivity index (χ1n) is 5.55. The lowest BCUT2D eigenvalue weighted by atomic mass is 10.0. The Labute approximate surface area is 138 Å². The molecule has 21 heavy (non-hydrogen) atoms. The lowest BCUT2D eigenvalue weighted by Crippen LogP contribution is -2.49. The average Bonchev–Trinajstić information content (AvgIpc) is 2.79. The van der Waals surface area contributed by atoms with Gasteiger partial charge in [0.15, 0.2) is 0 Å². The van der Waals surface area contributed by atoms with Crippen LogP contribution in [0.15, 0.2) is 28.8 Å². The van der Waals surface area contributed by atoms with E-state index in [9.17, 15) is 13.2 Å². The maximum absolute atomic E-state index is 12.2. The summed E-state index contributed by atoms with van der Waals surface area (Å²) in [4.78, 5) is 20.1. The number of aromatic nitrogens is 2. The Balaban J connectivity index is 2.57. The molecular weight excluding hydrogens is 435 g/mol. The van der Waals surface area contributed by atoms with E-state index in [1.807, 2.05) is 0 Å². The van der Waals surface area contributed by atoms with Crippen molar-refractivity contribution in [3.63, 3.8) is 0 Å². The summed E-state index contributed by atoms with van der Waals surface area (Å²) in [5, 5.41) is 6.67. The number of rotatable bonds is 3. The quantitative estimate of drug-likeness (QED) is 0.298. The van der Waals surface area contributed by atoms with Crippen LogP contribution in [0.4, 0.5) is 0 Å². The van der Waals surface area contributed by atoms with Crippen molar-refractivity contribution in [2.75, 3.05) is 6.61 Å². The molecule has 112 valence electrons. The molecule has 1 unspecified atom stereocenters. The Morgan fingerprint density at radius 1 is 1.43 bits per heavy atom. The largest absolute Gasteiger partial charge is 0.464 e. The summed E-state index contributed by atoms with van der Waals surface area (Å²) in [5.74, 6) is -0.838. The fraction of sp³-hybridized carbons (Fsp3) is 0.300. The molecule has 1 aliphatic heterocycles. The third kappa shape index (κ3) is 2.92. The van der Waals surface area contributed by atoms with Gasteiger partial charge in [0.2, 0.25) is 8.47 Å². The van der Waals surface area contributed by atoms with Crippen molar-refractivity contribution in [1.82, 2.24) is 9.97 Å². The van der Waals surface area contributed by atoms with Crippen molar-refractivity contribution in [2.45, 2.75) is 10.3 Å². The van der Waals surface area contributed by atoms with Gasteiger partial charge in [-0.15, -0.1) is 10.2 Å². The molecule has 0 saturated heterocycles. The molecule has 2 heterocycles. The van der Waals surface area contributed by atoms with Crippen LogP contribution in [0.25, 0.3) is 0 Å². The molecule has 0 saturated carbocycles. The number of hydrogen-bond donors (Lipinski definition) is 0. The van der Waals surface area contributed by atoms with Crippen molar-refractivity contribution in [3.05, 3.63) is 24.3 Å². The zero-order chi connectivity index (χ0) is 15.7. The van der Waals surface area contributed by atoms with Crippen molar-refractivity contribution in [1.29, 1.82) is 0 Å². The van der Waals surface area contributed by atoms with E-state index in [1.165, 1.54) is 18.6 Å². The molecule has 0 N–H and O–H groups in total. The Hall–Kier alpha value is -1.14. The van der Waals surface area contributed by atoms with Crippen LogP contribution in [0.1, 0.15) is 12.6 Å². The number of hydrogen-bond acceptors (Lipinski definition) is 8. The zero-order valence-electron chi connectivity index (χ0n) is 10.5. The van der Waals surface area contributed by atoms with Crippen LogP contribution in [0.5, 0.6) is 0 Å². The summed E-state index contributed by atoms with van der Waals surface area (Å²) in [6.07, 6.45) is 4.15. The van der Waals surface area contributed by atoms with Gasteiger partial charge in [-0.05, 0) is 6.92 Å². The molecule has 0 fully saturated rings. The normalized spacial score (nSPS) is 21.7. The molecule has 11 heteroatoms. The molecule has 0 aromatic carbocycles. The first-order chi connectivity index (χ1) is 9.81. The van der Waals surface area contributed by atoms with Crippen LogP contribution in [0.3, 0.4) is 0 Å². The van der Waals surface area contributed by atoms with Crippen LogP contribution in [0.2, 0.25) is 0 Å². The van der Waals surface area contributed by atoms with E-state index in [-0.39, 0.29) is 18.0 Å². The third-order valence-corrected chi connectivity index (χ3v) is 5.57. The molecule has 0 radical (unpaired) electrons. The van der Waals surface area contributed by atoms with Gasteiger partial charge < -0.3 is 4.74 Å². The molecular formula is C10H8ClIN4O4S. The molecule has 0 spiro atoms. The molecule has 2 rings (SSSR count). The molecule has 0 aliphatic carbocycles. The third-order valence-electron chi connectivity index (χ3n) is 2.46. The molecule has 8 nitrogen and oxygen atoms in total. The Kier molecular flexibility index (Phi) is 4.58. The first kappa shape index (κ1) is 16.2. The maximum Gasteiger partial charge on any atom is 0.335 e. The molecule has 1 atom stereocenters. The van der Waals surface area contributed by atoms with E-state index in [0.717, 1.165) is 0 Å². The Morgan fingerprint density at radius 3 is 2.67 bits per heavy atom. The second kappa shape index (κ2) is 5.93. The van der Waals surface area contributed by atoms with Crippen LogP contribution in [0, 0.1) is 0 Å². The van der Waals surface area contributed by atoms with E-state index >= 15 is 0 Å². The maximum atomic E-state index is 12.2. The number of carbonyl (C=O) groups excluding carboxylic acids is 1. The second-order valence-electron chi connectivity index (χ2n) is 3.76. The average molecular weight is 443 g/mol. The number of esters is 1. The molecule has 1 aromatic heterocycles. The fourth-order valence-electron chi connectivity index (χ4n) is 1.61. The molecule has 0 bridgehead atoms. The standard InChI is InChI=1S/C10H8ClIN4O4S/c1-2-20-9(17)10(12)7(6-5-13-3-4-14-6)15-16-8(10)21(11,18)19/h3-5H,2H2,1H3. The lowest BCUT2D eigenvalue weighted by molar-refractivity contribution is -0.141. The lowest BCUT2D eigenvalue weighted by Gasteiger charge is -2.21. The van der Waals surface area contributed by atoms with Crippen molar-refractivity contribution in [2.24, 2.45) is 10.2 Å². The highest BCUT2D eigenvalue weighted by molar-refractivity contribution is 14.1. The number of halogens is 2. The zero-order valence-corrected chi connectivity index (χ0v) is 14.3. The number of ether oxygens (including phenoxy) is 1. The van der Waals surface area contributed by atoms with Gasteiger partial charge in [-0.2, -0.15) is 0 Å². The van der Waals surface area contributed by atoms with Crippen LogP contribution < -0.4 is 0 Å². The highest BCUT2D eigenvalue weighted by Crippen LogP contribution is 2.35. The molecule has 1 aromatic rings. The monoisotopic (exact) mass is 442 g/mol. The minimum atomic E-state index is -4.26. The SMILES string of the molecule is CCOC(=O)C1(I)C(c2cnccn2)=NN=C1S(=O)(=O)Cl. The number of carbonyl (C=O) groups is 1. The topological polar surface area (TPSA) is 111 Å². The van der Waals surface area contributed by atoms with Gasteiger partial charge in [-0.1, -0.05) is 22.6 Å². The van der Waals surface area contributed by atoms with Crippen LogP contribution >= 0.6 is 33.3 Å². The smallest absolute Gasteiger partial charge is 0.335 e. The van der Waals surface area contributed by atoms with Crippen molar-refractivity contribution in [3.8, 4) is 0 Å². The predicted molar refractivity (Wildman–Crippen MR) is 84.2 cm³/mol. The Morgan fingerprint density at radius 2 is 2.14 bits per heavy atom. The first-order valence-corrected chi connectivity index (χ1v) is 8.94. The van der Waals surface area contributed by atoms with Gasteiger partial charge in [0.1, 0.15) is 11.4 Å². The molecule has 0 amide bonds. The van der Waals surface area contributed by atoms with Crippen molar-refractivity contribution < 1.29 is 17.9 Å². The number of alkyl halides is 1. The molecule has 1 aliphatic rings. The van der Waals surface area contributed by atoms with E-state index in [4.69, 9.17) is 15.4 Å². The summed E-state index contributed by atoms with van der Waals surface area (Å²) in [6, 6.07) is 0. The second-order valence-corrected chi connectivity index (χ2v) is 7.86. The van der Waals surface area contributed by atoms with Crippen LogP contribution in [-0.4, -0.2) is 45.1 Å². The summed E-state index contributed by atoms with van der Waals surface area (Å²) >= 11 is 1.60. The summed E-state index contributed by atoms with van der Waals surface area (Å²) in [5.41, 5.74) is 0.216. The van der Waals surface area contributed by atoms with Gasteiger partial charge in [0, 0.05) is 23.1 Å². The van der Waals surface area contributed by atoms with Gasteiger partial charge in [0.05, 0.1) is 12.8 Å². The highest BCUT2D eigenvalue weighted by Gasteiger charge is 2.56. The summed E-state index contributed by atoms with van der Waals surface area (Å²) in [6.45, 7) is 1.66. The number of nitrogens with zero attached hydrogens (tertiary/aromatic N) is 4. The summed E-state index contributed by atoms with van der Waals surface area (Å²) in [7, 11) is 1.08. The minimum Gasteiger partial charge on any atom is -0.464 e. The predicted octanol–water partition coefficient (Wildman–Crippen LogP) is 0.898. The van der Waals surface area contributed by atoms with Gasteiger partial charge in [-0.3, -0.25) is 9.97 Å². The minimum absolute atomic E-state index is 0.00822. The van der Waals surface area contributed by atoms with Gasteiger partial charge >= 0.3 is 5.97 Å². The van der Waals surface area contributed by atoms with Gasteiger partial charge in [0.25, 0.3) is 9.05 Å². The van der Waals surface area contributed by atoms with Gasteiger partial charge in [-0.25, -0.2) is 13.2 Å². The van der Waals surface area contributed by atoms with E-state index in [0.29, 0.717) is 0 Å². The summed E-state index contributed by atoms with van der Waals surface area (Å²) < 4.78 is 26.4. The van der Waals surface area contributed by atoms with Crippen molar-refractivity contribution >= 4 is 59.0 Å². The fourth-order valence-corrected chi connectivity index (χ4v) is 4.62. The van der Waals surface area contributed by atoms with E-state index in [1.54, 1.807) is 29.5 Å².